The van der Waals surface area contributed by atoms with Gasteiger partial charge in [-0.2, -0.15) is 0 Å². The Labute approximate surface area is 93.2 Å². The van der Waals surface area contributed by atoms with Crippen LogP contribution in [-0.2, 0) is 4.74 Å². The second-order valence-corrected chi connectivity index (χ2v) is 4.87. The summed E-state index contributed by atoms with van der Waals surface area (Å²) in [6.45, 7) is 7.95. The summed E-state index contributed by atoms with van der Waals surface area (Å²) >= 11 is 0. The molecule has 88 valence electrons. The third-order valence-corrected chi connectivity index (χ3v) is 3.65. The Kier molecular flexibility index (Phi) is 4.42. The van der Waals surface area contributed by atoms with Gasteiger partial charge in [0.15, 0.2) is 0 Å². The van der Waals surface area contributed by atoms with Crippen molar-refractivity contribution >= 4 is 0 Å². The average Bonchev–Trinajstić information content (AvgIpc) is 2.46. The number of rotatable bonds is 2. The standard InChI is InChI=1S/C12H24N2O/c1-11-5-6-13-7-8-14(11)10-12-4-2-3-9-15-12/h11-13H,2-10H2,1H3. The van der Waals surface area contributed by atoms with Crippen molar-refractivity contribution in [2.75, 3.05) is 32.8 Å². The first-order valence-electron chi connectivity index (χ1n) is 6.42. The molecule has 2 fully saturated rings. The van der Waals surface area contributed by atoms with Gasteiger partial charge in [-0.15, -0.1) is 0 Å². The maximum absolute atomic E-state index is 5.81. The Hall–Kier alpha value is -0.120. The first kappa shape index (κ1) is 11.4. The van der Waals surface area contributed by atoms with Crippen LogP contribution >= 0.6 is 0 Å². The van der Waals surface area contributed by atoms with Crippen LogP contribution in [-0.4, -0.2) is 49.8 Å². The van der Waals surface area contributed by atoms with Crippen molar-refractivity contribution in [2.24, 2.45) is 0 Å². The van der Waals surface area contributed by atoms with Crippen molar-refractivity contribution in [1.82, 2.24) is 10.2 Å². The second-order valence-electron chi connectivity index (χ2n) is 4.87. The summed E-state index contributed by atoms with van der Waals surface area (Å²) in [6, 6.07) is 0.713. The van der Waals surface area contributed by atoms with Crippen LogP contribution < -0.4 is 5.32 Å². The molecule has 0 aromatic carbocycles. The van der Waals surface area contributed by atoms with Crippen LogP contribution in [0.4, 0.5) is 0 Å². The predicted octanol–water partition coefficient (Wildman–Crippen LogP) is 1.24. The summed E-state index contributed by atoms with van der Waals surface area (Å²) in [5, 5.41) is 3.46. The van der Waals surface area contributed by atoms with Crippen molar-refractivity contribution in [3.05, 3.63) is 0 Å². The minimum absolute atomic E-state index is 0.499. The summed E-state index contributed by atoms with van der Waals surface area (Å²) in [6.07, 6.45) is 5.64. The van der Waals surface area contributed by atoms with Gasteiger partial charge in [0.1, 0.15) is 0 Å². The zero-order valence-corrected chi connectivity index (χ0v) is 9.87. The molecule has 0 aliphatic carbocycles. The van der Waals surface area contributed by atoms with Gasteiger partial charge >= 0.3 is 0 Å². The molecule has 2 heterocycles. The van der Waals surface area contributed by atoms with Crippen LogP contribution in [0.1, 0.15) is 32.6 Å². The molecular weight excluding hydrogens is 188 g/mol. The van der Waals surface area contributed by atoms with E-state index in [1.54, 1.807) is 0 Å². The van der Waals surface area contributed by atoms with Crippen LogP contribution in [0.5, 0.6) is 0 Å². The van der Waals surface area contributed by atoms with E-state index in [9.17, 15) is 0 Å². The molecule has 3 heteroatoms. The van der Waals surface area contributed by atoms with E-state index in [-0.39, 0.29) is 0 Å². The lowest BCUT2D eigenvalue weighted by Crippen LogP contribution is -2.41. The highest BCUT2D eigenvalue weighted by Gasteiger charge is 2.22. The second kappa shape index (κ2) is 5.83. The minimum atomic E-state index is 0.499. The predicted molar refractivity (Wildman–Crippen MR) is 62.1 cm³/mol. The zero-order chi connectivity index (χ0) is 10.5. The van der Waals surface area contributed by atoms with Gasteiger partial charge in [0, 0.05) is 32.3 Å². The monoisotopic (exact) mass is 212 g/mol. The van der Waals surface area contributed by atoms with Gasteiger partial charge in [-0.05, 0) is 39.2 Å². The van der Waals surface area contributed by atoms with Crippen molar-refractivity contribution in [3.8, 4) is 0 Å². The molecule has 15 heavy (non-hydrogen) atoms. The van der Waals surface area contributed by atoms with Gasteiger partial charge in [-0.3, -0.25) is 4.90 Å². The van der Waals surface area contributed by atoms with Gasteiger partial charge in [-0.25, -0.2) is 0 Å². The zero-order valence-electron chi connectivity index (χ0n) is 9.87. The molecule has 0 amide bonds. The smallest absolute Gasteiger partial charge is 0.0702 e. The molecule has 2 atom stereocenters. The van der Waals surface area contributed by atoms with E-state index < -0.39 is 0 Å². The molecule has 2 unspecified atom stereocenters. The Morgan fingerprint density at radius 3 is 3.00 bits per heavy atom. The minimum Gasteiger partial charge on any atom is -0.377 e. The highest BCUT2D eigenvalue weighted by molar-refractivity contribution is 4.77. The Morgan fingerprint density at radius 1 is 1.27 bits per heavy atom. The SMILES string of the molecule is CC1CCNCCN1CC1CCCCO1. The van der Waals surface area contributed by atoms with Crippen LogP contribution in [0.25, 0.3) is 0 Å². The molecule has 0 aromatic rings. The lowest BCUT2D eigenvalue weighted by Gasteiger charge is -2.32. The van der Waals surface area contributed by atoms with E-state index in [0.717, 1.165) is 19.7 Å². The Bertz CT molecular complexity index is 180. The topological polar surface area (TPSA) is 24.5 Å². The van der Waals surface area contributed by atoms with Crippen LogP contribution in [0.2, 0.25) is 0 Å². The number of nitrogens with zero attached hydrogens (tertiary/aromatic N) is 1. The highest BCUT2D eigenvalue weighted by Crippen LogP contribution is 2.16. The normalized spacial score (nSPS) is 35.0. The maximum atomic E-state index is 5.81. The van der Waals surface area contributed by atoms with Crippen molar-refractivity contribution in [2.45, 2.75) is 44.8 Å². The first-order chi connectivity index (χ1) is 7.36. The van der Waals surface area contributed by atoms with Crippen molar-refractivity contribution < 1.29 is 4.74 Å². The van der Waals surface area contributed by atoms with Crippen LogP contribution in [0, 0.1) is 0 Å². The summed E-state index contributed by atoms with van der Waals surface area (Å²) in [7, 11) is 0. The van der Waals surface area contributed by atoms with E-state index in [1.165, 1.54) is 38.8 Å². The largest absolute Gasteiger partial charge is 0.377 e. The number of nitrogens with one attached hydrogen (secondary N) is 1. The molecule has 1 N–H and O–H groups in total. The third kappa shape index (κ3) is 3.44. The lowest BCUT2D eigenvalue weighted by molar-refractivity contribution is -0.0111. The fourth-order valence-corrected chi connectivity index (χ4v) is 2.55. The molecule has 2 rings (SSSR count). The molecule has 2 aliphatic rings. The fourth-order valence-electron chi connectivity index (χ4n) is 2.55. The summed E-state index contributed by atoms with van der Waals surface area (Å²) in [5.74, 6) is 0. The maximum Gasteiger partial charge on any atom is 0.0702 e. The van der Waals surface area contributed by atoms with E-state index in [1.807, 2.05) is 0 Å². The summed E-state index contributed by atoms with van der Waals surface area (Å²) < 4.78 is 5.81. The molecule has 0 bridgehead atoms. The lowest BCUT2D eigenvalue weighted by atomic mass is 10.1. The number of ether oxygens (including phenoxy) is 1. The van der Waals surface area contributed by atoms with E-state index in [4.69, 9.17) is 4.74 Å². The van der Waals surface area contributed by atoms with Gasteiger partial charge in [0.2, 0.25) is 0 Å². The van der Waals surface area contributed by atoms with E-state index >= 15 is 0 Å². The highest BCUT2D eigenvalue weighted by atomic mass is 16.5. The van der Waals surface area contributed by atoms with Crippen LogP contribution in [0.3, 0.4) is 0 Å². The molecule has 2 aliphatic heterocycles. The molecule has 0 spiro atoms. The third-order valence-electron chi connectivity index (χ3n) is 3.65. The van der Waals surface area contributed by atoms with Crippen LogP contribution in [0.15, 0.2) is 0 Å². The fraction of sp³-hybridized carbons (Fsp3) is 1.00. The number of hydrogen-bond donors (Lipinski definition) is 1. The van der Waals surface area contributed by atoms with Crippen molar-refractivity contribution in [1.29, 1.82) is 0 Å². The molecule has 0 aromatic heterocycles. The summed E-state index contributed by atoms with van der Waals surface area (Å²) in [4.78, 5) is 2.59. The van der Waals surface area contributed by atoms with E-state index in [2.05, 4.69) is 17.1 Å². The Balaban J connectivity index is 1.79. The van der Waals surface area contributed by atoms with Gasteiger partial charge < -0.3 is 10.1 Å². The van der Waals surface area contributed by atoms with Gasteiger partial charge in [0.25, 0.3) is 0 Å². The molecular formula is C12H24N2O. The first-order valence-corrected chi connectivity index (χ1v) is 6.42. The molecule has 3 nitrogen and oxygen atoms in total. The molecule has 0 saturated carbocycles. The summed E-state index contributed by atoms with van der Waals surface area (Å²) in [5.41, 5.74) is 0. The molecule has 0 radical (unpaired) electrons. The quantitative estimate of drug-likeness (QED) is 0.745. The van der Waals surface area contributed by atoms with Crippen molar-refractivity contribution in [3.63, 3.8) is 0 Å². The van der Waals surface area contributed by atoms with E-state index in [0.29, 0.717) is 12.1 Å². The van der Waals surface area contributed by atoms with Gasteiger partial charge in [0.05, 0.1) is 6.10 Å². The average molecular weight is 212 g/mol. The number of hydrogen-bond acceptors (Lipinski definition) is 3. The van der Waals surface area contributed by atoms with Gasteiger partial charge in [-0.1, -0.05) is 0 Å². The Morgan fingerprint density at radius 2 is 2.20 bits per heavy atom. The molecule has 2 saturated heterocycles.